The second-order valence-electron chi connectivity index (χ2n) is 6.38. The van der Waals surface area contributed by atoms with Gasteiger partial charge in [0, 0.05) is 27.4 Å². The van der Waals surface area contributed by atoms with E-state index in [4.69, 9.17) is 23.7 Å². The molecule has 1 N–H and O–H groups in total. The molecule has 1 aliphatic heterocycles. The molecule has 9 nitrogen and oxygen atoms in total. The fraction of sp³-hybridized carbons (Fsp3) is 0.833. The topological polar surface area (TPSA) is 118 Å². The molecule has 0 aromatic heterocycles. The van der Waals surface area contributed by atoms with Gasteiger partial charge in [0.15, 0.2) is 24.6 Å². The highest BCUT2D eigenvalue weighted by atomic mass is 16.7. The molecule has 0 radical (unpaired) electrons. The normalized spacial score (nSPS) is 27.7. The average Bonchev–Trinajstić information content (AvgIpc) is 2.57. The van der Waals surface area contributed by atoms with Gasteiger partial charge in [-0.15, -0.1) is 0 Å². The lowest BCUT2D eigenvalue weighted by Crippen LogP contribution is -2.62. The number of aliphatic hydroxyl groups excluding tert-OH is 1. The minimum Gasteiger partial charge on any atom is -0.456 e. The number of unbranched alkanes of at least 4 members (excludes halogenated alkanes) is 3. The molecular formula is C18H30O9. The van der Waals surface area contributed by atoms with Crippen LogP contribution in [0.5, 0.6) is 0 Å². The van der Waals surface area contributed by atoms with Crippen LogP contribution in [-0.2, 0) is 38.1 Å². The number of carbonyl (C=O) groups excluding carboxylic acids is 3. The Morgan fingerprint density at radius 1 is 0.852 bits per heavy atom. The summed E-state index contributed by atoms with van der Waals surface area (Å²) in [6.07, 6.45) is -1.63. The summed E-state index contributed by atoms with van der Waals surface area (Å²) >= 11 is 0. The van der Waals surface area contributed by atoms with Crippen molar-refractivity contribution in [2.75, 3.05) is 13.2 Å². The standard InChI is InChI=1S/C18H30O9/c1-5-6-7-8-9-23-18-17(26-13(4)22)16(25-12(3)21)15(24-11(2)20)14(10-19)27-18/h14-19H,5-10H2,1-4H3/t14-,15-,16+,17-,18+/m1/s1. The van der Waals surface area contributed by atoms with Gasteiger partial charge in [-0.25, -0.2) is 0 Å². The molecule has 0 unspecified atom stereocenters. The van der Waals surface area contributed by atoms with E-state index < -0.39 is 55.2 Å². The maximum atomic E-state index is 11.6. The van der Waals surface area contributed by atoms with Crippen LogP contribution in [-0.4, -0.2) is 66.9 Å². The molecule has 0 spiro atoms. The highest BCUT2D eigenvalue weighted by Gasteiger charge is 2.52. The highest BCUT2D eigenvalue weighted by molar-refractivity contribution is 5.68. The largest absolute Gasteiger partial charge is 0.456 e. The Kier molecular flexibility index (Phi) is 10.3. The molecule has 9 heteroatoms. The van der Waals surface area contributed by atoms with Gasteiger partial charge in [0.1, 0.15) is 6.10 Å². The maximum absolute atomic E-state index is 11.6. The van der Waals surface area contributed by atoms with Gasteiger partial charge in [0.2, 0.25) is 0 Å². The lowest BCUT2D eigenvalue weighted by atomic mass is 9.98. The Labute approximate surface area is 159 Å². The molecule has 5 atom stereocenters. The number of esters is 3. The van der Waals surface area contributed by atoms with E-state index in [0.717, 1.165) is 25.7 Å². The number of carbonyl (C=O) groups is 3. The van der Waals surface area contributed by atoms with Crippen LogP contribution in [0.15, 0.2) is 0 Å². The molecular weight excluding hydrogens is 360 g/mol. The number of ether oxygens (including phenoxy) is 5. The number of hydrogen-bond donors (Lipinski definition) is 1. The molecule has 0 aliphatic carbocycles. The van der Waals surface area contributed by atoms with Crippen molar-refractivity contribution in [3.63, 3.8) is 0 Å². The molecule has 1 fully saturated rings. The van der Waals surface area contributed by atoms with E-state index in [0.29, 0.717) is 6.61 Å². The molecule has 156 valence electrons. The van der Waals surface area contributed by atoms with Crippen molar-refractivity contribution in [3.8, 4) is 0 Å². The molecule has 0 amide bonds. The molecule has 0 saturated carbocycles. The summed E-state index contributed by atoms with van der Waals surface area (Å²) in [4.78, 5) is 34.6. The first-order valence-corrected chi connectivity index (χ1v) is 9.19. The summed E-state index contributed by atoms with van der Waals surface area (Å²) in [6.45, 7) is 5.48. The maximum Gasteiger partial charge on any atom is 0.303 e. The van der Waals surface area contributed by atoms with E-state index in [1.807, 2.05) is 0 Å². The third-order valence-electron chi connectivity index (χ3n) is 3.96. The van der Waals surface area contributed by atoms with Gasteiger partial charge in [-0.1, -0.05) is 26.2 Å². The van der Waals surface area contributed by atoms with Crippen molar-refractivity contribution in [2.24, 2.45) is 0 Å². The summed E-state index contributed by atoms with van der Waals surface area (Å²) in [5, 5.41) is 9.63. The smallest absolute Gasteiger partial charge is 0.303 e. The minimum absolute atomic E-state index is 0.339. The number of aliphatic hydroxyl groups is 1. The minimum atomic E-state index is -1.16. The van der Waals surface area contributed by atoms with Gasteiger partial charge in [0.25, 0.3) is 0 Å². The Morgan fingerprint density at radius 3 is 1.93 bits per heavy atom. The molecule has 1 rings (SSSR count). The lowest BCUT2D eigenvalue weighted by Gasteiger charge is -2.43. The van der Waals surface area contributed by atoms with Gasteiger partial charge in [-0.2, -0.15) is 0 Å². The van der Waals surface area contributed by atoms with Crippen LogP contribution in [0, 0.1) is 0 Å². The Hall–Kier alpha value is -1.71. The summed E-state index contributed by atoms with van der Waals surface area (Å²) in [5.74, 6) is -1.95. The van der Waals surface area contributed by atoms with Crippen LogP contribution < -0.4 is 0 Å². The van der Waals surface area contributed by atoms with Gasteiger partial charge in [-0.05, 0) is 6.42 Å². The molecule has 1 heterocycles. The van der Waals surface area contributed by atoms with Crippen LogP contribution >= 0.6 is 0 Å². The second-order valence-corrected chi connectivity index (χ2v) is 6.38. The third kappa shape index (κ3) is 7.82. The van der Waals surface area contributed by atoms with E-state index in [2.05, 4.69) is 6.92 Å². The van der Waals surface area contributed by atoms with Gasteiger partial charge in [-0.3, -0.25) is 14.4 Å². The van der Waals surface area contributed by atoms with Crippen LogP contribution in [0.3, 0.4) is 0 Å². The first kappa shape index (κ1) is 23.3. The second kappa shape index (κ2) is 11.9. The van der Waals surface area contributed by atoms with Crippen molar-refractivity contribution in [2.45, 2.75) is 84.1 Å². The Bertz CT molecular complexity index is 493. The Balaban J connectivity index is 3.01. The molecule has 27 heavy (non-hydrogen) atoms. The first-order valence-electron chi connectivity index (χ1n) is 9.19. The predicted molar refractivity (Wildman–Crippen MR) is 92.5 cm³/mol. The van der Waals surface area contributed by atoms with E-state index in [-0.39, 0.29) is 0 Å². The lowest BCUT2D eigenvalue weighted by molar-refractivity contribution is -0.307. The van der Waals surface area contributed by atoms with Gasteiger partial charge < -0.3 is 28.8 Å². The van der Waals surface area contributed by atoms with E-state index >= 15 is 0 Å². The monoisotopic (exact) mass is 390 g/mol. The molecule has 0 bridgehead atoms. The molecule has 1 aliphatic rings. The van der Waals surface area contributed by atoms with E-state index in [1.165, 1.54) is 20.8 Å². The van der Waals surface area contributed by atoms with Crippen molar-refractivity contribution in [1.29, 1.82) is 0 Å². The zero-order chi connectivity index (χ0) is 20.4. The molecule has 0 aromatic carbocycles. The van der Waals surface area contributed by atoms with Crippen molar-refractivity contribution >= 4 is 17.9 Å². The zero-order valence-electron chi connectivity index (χ0n) is 16.3. The number of hydrogen-bond acceptors (Lipinski definition) is 9. The van der Waals surface area contributed by atoms with Crippen LogP contribution in [0.2, 0.25) is 0 Å². The quantitative estimate of drug-likeness (QED) is 0.332. The Morgan fingerprint density at radius 2 is 1.41 bits per heavy atom. The first-order chi connectivity index (χ1) is 12.8. The van der Waals surface area contributed by atoms with Gasteiger partial charge >= 0.3 is 17.9 Å². The fourth-order valence-electron chi connectivity index (χ4n) is 2.86. The van der Waals surface area contributed by atoms with E-state index in [1.54, 1.807) is 0 Å². The van der Waals surface area contributed by atoms with Crippen LogP contribution in [0.25, 0.3) is 0 Å². The van der Waals surface area contributed by atoms with Gasteiger partial charge in [0.05, 0.1) is 6.61 Å². The summed E-state index contributed by atoms with van der Waals surface area (Å²) in [6, 6.07) is 0. The van der Waals surface area contributed by atoms with Crippen molar-refractivity contribution < 1.29 is 43.2 Å². The van der Waals surface area contributed by atoms with Crippen LogP contribution in [0.1, 0.15) is 53.4 Å². The summed E-state index contributed by atoms with van der Waals surface area (Å²) in [5.41, 5.74) is 0. The van der Waals surface area contributed by atoms with E-state index in [9.17, 15) is 19.5 Å². The highest BCUT2D eigenvalue weighted by Crippen LogP contribution is 2.29. The summed E-state index contributed by atoms with van der Waals surface area (Å²) < 4.78 is 27.1. The summed E-state index contributed by atoms with van der Waals surface area (Å²) in [7, 11) is 0. The third-order valence-corrected chi connectivity index (χ3v) is 3.96. The SMILES string of the molecule is CCCCCCO[C@H]1O[C@H](CO)[C@@H](OC(C)=O)[C@H](OC(C)=O)[C@H]1OC(C)=O. The number of rotatable bonds is 10. The molecule has 0 aromatic rings. The van der Waals surface area contributed by atoms with Crippen LogP contribution in [0.4, 0.5) is 0 Å². The zero-order valence-corrected chi connectivity index (χ0v) is 16.3. The fourth-order valence-corrected chi connectivity index (χ4v) is 2.86. The average molecular weight is 390 g/mol. The molecule has 1 saturated heterocycles. The predicted octanol–water partition coefficient (Wildman–Crippen LogP) is 1.10. The van der Waals surface area contributed by atoms with Crippen molar-refractivity contribution in [1.82, 2.24) is 0 Å². The van der Waals surface area contributed by atoms with Crippen molar-refractivity contribution in [3.05, 3.63) is 0 Å².